The summed E-state index contributed by atoms with van der Waals surface area (Å²) in [5.41, 5.74) is 11.3. The van der Waals surface area contributed by atoms with Crippen LogP contribution in [0.4, 0.5) is 5.69 Å². The fourth-order valence-corrected chi connectivity index (χ4v) is 5.71. The lowest BCUT2D eigenvalue weighted by Crippen LogP contribution is -2.40. The smallest absolute Gasteiger partial charge is 0.243 e. The lowest BCUT2D eigenvalue weighted by Gasteiger charge is -2.27. The summed E-state index contributed by atoms with van der Waals surface area (Å²) in [6.45, 7) is 2.53. The third-order valence-electron chi connectivity index (χ3n) is 5.80. The number of sulfonamides is 1. The van der Waals surface area contributed by atoms with Gasteiger partial charge in [-0.15, -0.1) is 0 Å². The number of rotatable bonds is 3. The molecule has 0 saturated carbocycles. The van der Waals surface area contributed by atoms with Crippen LogP contribution < -0.4 is 11.1 Å². The minimum atomic E-state index is -3.48. The van der Waals surface area contributed by atoms with Crippen molar-refractivity contribution in [3.63, 3.8) is 0 Å². The average Bonchev–Trinajstić information content (AvgIpc) is 3.12. The molecule has 7 nitrogen and oxygen atoms in total. The standard InChI is InChI=1S/C21H24N4O3S/c22-15-3-6-19-18(13-15)17-7-8-23-20(21(17)24-19)14-1-4-16(5-2-14)29(26,27)25-9-11-28-12-10-25/h1-6,13,20,23-24H,7-12,22H2. The third kappa shape index (κ3) is 3.22. The normalized spacial score (nSPS) is 20.6. The van der Waals surface area contributed by atoms with Gasteiger partial charge in [0.15, 0.2) is 0 Å². The summed E-state index contributed by atoms with van der Waals surface area (Å²) >= 11 is 0. The molecule has 3 heterocycles. The Bertz CT molecular complexity index is 1150. The van der Waals surface area contributed by atoms with Gasteiger partial charge in [-0.2, -0.15) is 4.31 Å². The minimum Gasteiger partial charge on any atom is -0.399 e. The lowest BCUT2D eigenvalue weighted by molar-refractivity contribution is 0.0730. The maximum atomic E-state index is 12.9. The third-order valence-corrected chi connectivity index (χ3v) is 7.71. The molecule has 5 rings (SSSR count). The molecule has 29 heavy (non-hydrogen) atoms. The first-order valence-corrected chi connectivity index (χ1v) is 11.3. The van der Waals surface area contributed by atoms with E-state index < -0.39 is 10.0 Å². The fraction of sp³-hybridized carbons (Fsp3) is 0.333. The highest BCUT2D eigenvalue weighted by molar-refractivity contribution is 7.89. The molecule has 8 heteroatoms. The monoisotopic (exact) mass is 412 g/mol. The van der Waals surface area contributed by atoms with Crippen LogP contribution in [0.1, 0.15) is 22.9 Å². The van der Waals surface area contributed by atoms with E-state index in [0.29, 0.717) is 31.2 Å². The van der Waals surface area contributed by atoms with Gasteiger partial charge in [0.1, 0.15) is 0 Å². The number of fused-ring (bicyclic) bond motifs is 3. The van der Waals surface area contributed by atoms with Crippen LogP contribution in [-0.4, -0.2) is 50.6 Å². The van der Waals surface area contributed by atoms with Crippen molar-refractivity contribution in [2.45, 2.75) is 17.4 Å². The molecule has 2 aliphatic rings. The molecular formula is C21H24N4O3S. The van der Waals surface area contributed by atoms with Crippen LogP contribution in [0.25, 0.3) is 10.9 Å². The summed E-state index contributed by atoms with van der Waals surface area (Å²) in [5, 5.41) is 4.71. The van der Waals surface area contributed by atoms with Crippen LogP contribution in [0.5, 0.6) is 0 Å². The lowest BCUT2D eigenvalue weighted by atomic mass is 9.94. The fourth-order valence-electron chi connectivity index (χ4n) is 4.30. The molecule has 2 aromatic carbocycles. The van der Waals surface area contributed by atoms with E-state index in [1.165, 1.54) is 9.87 Å². The Morgan fingerprint density at radius 1 is 1.07 bits per heavy atom. The van der Waals surface area contributed by atoms with Crippen molar-refractivity contribution in [1.82, 2.24) is 14.6 Å². The van der Waals surface area contributed by atoms with Gasteiger partial charge in [-0.1, -0.05) is 12.1 Å². The number of benzene rings is 2. The SMILES string of the molecule is Nc1ccc2[nH]c3c(c2c1)CCNC3c1ccc(S(=O)(=O)N2CCOCC2)cc1. The number of nitrogen functional groups attached to an aromatic ring is 1. The second-order valence-electron chi connectivity index (χ2n) is 7.54. The number of ether oxygens (including phenoxy) is 1. The van der Waals surface area contributed by atoms with Gasteiger partial charge >= 0.3 is 0 Å². The second-order valence-corrected chi connectivity index (χ2v) is 9.48. The van der Waals surface area contributed by atoms with Crippen LogP contribution in [-0.2, 0) is 21.2 Å². The molecule has 0 bridgehead atoms. The first-order valence-electron chi connectivity index (χ1n) is 9.85. The minimum absolute atomic E-state index is 0.00693. The van der Waals surface area contributed by atoms with E-state index in [2.05, 4.69) is 10.3 Å². The van der Waals surface area contributed by atoms with Crippen LogP contribution in [0.3, 0.4) is 0 Å². The molecule has 0 spiro atoms. The zero-order valence-electron chi connectivity index (χ0n) is 16.0. The number of hydrogen-bond donors (Lipinski definition) is 3. The second kappa shape index (κ2) is 7.14. The van der Waals surface area contributed by atoms with Gasteiger partial charge in [0, 0.05) is 41.9 Å². The number of nitrogens with zero attached hydrogens (tertiary/aromatic N) is 1. The van der Waals surface area contributed by atoms with Crippen molar-refractivity contribution in [1.29, 1.82) is 0 Å². The highest BCUT2D eigenvalue weighted by atomic mass is 32.2. The summed E-state index contributed by atoms with van der Waals surface area (Å²) < 4.78 is 32.5. The zero-order chi connectivity index (χ0) is 20.0. The first-order chi connectivity index (χ1) is 14.0. The van der Waals surface area contributed by atoms with Crippen molar-refractivity contribution in [3.05, 3.63) is 59.3 Å². The van der Waals surface area contributed by atoms with Gasteiger partial charge in [0.2, 0.25) is 10.0 Å². The quantitative estimate of drug-likeness (QED) is 0.572. The van der Waals surface area contributed by atoms with Gasteiger partial charge in [-0.05, 0) is 47.9 Å². The molecule has 1 aromatic heterocycles. The van der Waals surface area contributed by atoms with Gasteiger partial charge < -0.3 is 20.8 Å². The number of anilines is 1. The molecule has 0 aliphatic carbocycles. The molecule has 0 radical (unpaired) electrons. The molecule has 1 saturated heterocycles. The number of aromatic nitrogens is 1. The number of aromatic amines is 1. The largest absolute Gasteiger partial charge is 0.399 e. The van der Waals surface area contributed by atoms with Crippen LogP contribution >= 0.6 is 0 Å². The Morgan fingerprint density at radius 2 is 1.83 bits per heavy atom. The average molecular weight is 413 g/mol. The van der Waals surface area contributed by atoms with Crippen molar-refractivity contribution >= 4 is 26.6 Å². The molecule has 0 amide bonds. The maximum Gasteiger partial charge on any atom is 0.243 e. The summed E-state index contributed by atoms with van der Waals surface area (Å²) in [7, 11) is -3.48. The van der Waals surface area contributed by atoms with Crippen LogP contribution in [0.15, 0.2) is 47.4 Å². The molecule has 1 atom stereocenters. The number of nitrogens with two attached hydrogens (primary N) is 1. The first kappa shape index (κ1) is 18.6. The molecule has 1 unspecified atom stereocenters. The highest BCUT2D eigenvalue weighted by Crippen LogP contribution is 2.34. The van der Waals surface area contributed by atoms with Gasteiger partial charge in [-0.25, -0.2) is 8.42 Å². The Labute approximate surface area is 169 Å². The van der Waals surface area contributed by atoms with Gasteiger partial charge in [-0.3, -0.25) is 0 Å². The predicted octanol–water partition coefficient (Wildman–Crippen LogP) is 2.01. The van der Waals surface area contributed by atoms with E-state index >= 15 is 0 Å². The van der Waals surface area contributed by atoms with E-state index in [1.807, 2.05) is 30.3 Å². The predicted molar refractivity (Wildman–Crippen MR) is 112 cm³/mol. The van der Waals surface area contributed by atoms with Crippen LogP contribution in [0, 0.1) is 0 Å². The zero-order valence-corrected chi connectivity index (χ0v) is 16.8. The molecule has 4 N–H and O–H groups in total. The van der Waals surface area contributed by atoms with Gasteiger partial charge in [0.05, 0.1) is 24.2 Å². The van der Waals surface area contributed by atoms with E-state index in [9.17, 15) is 8.42 Å². The van der Waals surface area contributed by atoms with E-state index in [1.54, 1.807) is 12.1 Å². The Morgan fingerprint density at radius 3 is 2.59 bits per heavy atom. The highest BCUT2D eigenvalue weighted by Gasteiger charge is 2.28. The summed E-state index contributed by atoms with van der Waals surface area (Å²) in [6.07, 6.45) is 0.929. The van der Waals surface area contributed by atoms with E-state index in [0.717, 1.165) is 40.8 Å². The molecule has 3 aromatic rings. The molecule has 2 aliphatic heterocycles. The molecule has 1 fully saturated rings. The van der Waals surface area contributed by atoms with Crippen molar-refractivity contribution in [3.8, 4) is 0 Å². The molecular weight excluding hydrogens is 388 g/mol. The van der Waals surface area contributed by atoms with Crippen molar-refractivity contribution in [2.75, 3.05) is 38.6 Å². The number of H-pyrrole nitrogens is 1. The number of morpholine rings is 1. The maximum absolute atomic E-state index is 12.9. The summed E-state index contributed by atoms with van der Waals surface area (Å²) in [5.74, 6) is 0. The van der Waals surface area contributed by atoms with E-state index in [-0.39, 0.29) is 6.04 Å². The van der Waals surface area contributed by atoms with Gasteiger partial charge in [0.25, 0.3) is 0 Å². The Hall–Kier alpha value is -2.39. The topological polar surface area (TPSA) is 100 Å². The summed E-state index contributed by atoms with van der Waals surface area (Å²) in [4.78, 5) is 3.85. The number of nitrogens with one attached hydrogen (secondary N) is 2. The van der Waals surface area contributed by atoms with Crippen molar-refractivity contribution in [2.24, 2.45) is 0 Å². The van der Waals surface area contributed by atoms with Crippen molar-refractivity contribution < 1.29 is 13.2 Å². The Balaban J connectivity index is 1.48. The van der Waals surface area contributed by atoms with Crippen LogP contribution in [0.2, 0.25) is 0 Å². The van der Waals surface area contributed by atoms with E-state index in [4.69, 9.17) is 10.5 Å². The Kier molecular flexibility index (Phi) is 4.59. The number of hydrogen-bond acceptors (Lipinski definition) is 5. The molecule has 152 valence electrons. The summed E-state index contributed by atoms with van der Waals surface area (Å²) in [6, 6.07) is 13.1.